The van der Waals surface area contributed by atoms with Crippen molar-refractivity contribution >= 4 is 28.7 Å². The lowest BCUT2D eigenvalue weighted by molar-refractivity contribution is 0.0955. The lowest BCUT2D eigenvalue weighted by Crippen LogP contribution is -2.18. The molecule has 5 nitrogen and oxygen atoms in total. The van der Waals surface area contributed by atoms with Gasteiger partial charge in [0.2, 0.25) is 0 Å². The number of anilines is 1. The predicted octanol–water partition coefficient (Wildman–Crippen LogP) is 3.32. The zero-order valence-electron chi connectivity index (χ0n) is 14.9. The van der Waals surface area contributed by atoms with Crippen LogP contribution < -0.4 is 10.3 Å². The number of nitrogens with one attached hydrogen (secondary N) is 1. The van der Waals surface area contributed by atoms with Crippen molar-refractivity contribution in [2.24, 2.45) is 12.1 Å². The molecule has 1 aromatic heterocycles. The number of aromatic nitrogens is 1. The topological polar surface area (TPSA) is 49.6 Å². The first-order valence-electron chi connectivity index (χ1n) is 8.14. The van der Waals surface area contributed by atoms with Crippen LogP contribution in [0.3, 0.4) is 0 Å². The largest absolute Gasteiger partial charge is 0.378 e. The summed E-state index contributed by atoms with van der Waals surface area (Å²) in [7, 11) is 5.91. The fourth-order valence-electron chi connectivity index (χ4n) is 2.86. The molecule has 0 radical (unpaired) electrons. The van der Waals surface area contributed by atoms with Crippen LogP contribution in [0.2, 0.25) is 0 Å². The van der Waals surface area contributed by atoms with E-state index in [9.17, 15) is 4.79 Å². The summed E-state index contributed by atoms with van der Waals surface area (Å²) < 4.78 is 2.12. The molecule has 1 N–H and O–H groups in total. The molecule has 0 fully saturated rings. The number of benzene rings is 2. The average molecular weight is 334 g/mol. The quantitative estimate of drug-likeness (QED) is 0.588. The van der Waals surface area contributed by atoms with Crippen LogP contribution in [0.4, 0.5) is 5.69 Å². The molecule has 1 heterocycles. The molecule has 128 valence electrons. The molecule has 2 aromatic carbocycles. The lowest BCUT2D eigenvalue weighted by Gasteiger charge is -2.12. The molecule has 0 saturated heterocycles. The van der Waals surface area contributed by atoms with Crippen LogP contribution >= 0.6 is 0 Å². The third-order valence-electron chi connectivity index (χ3n) is 4.43. The van der Waals surface area contributed by atoms with Crippen molar-refractivity contribution in [1.29, 1.82) is 0 Å². The van der Waals surface area contributed by atoms with Crippen molar-refractivity contribution < 1.29 is 4.79 Å². The zero-order valence-corrected chi connectivity index (χ0v) is 14.9. The molecule has 0 unspecified atom stereocenters. The number of hydrogen-bond donors (Lipinski definition) is 1. The van der Waals surface area contributed by atoms with Gasteiger partial charge in [0.15, 0.2) is 0 Å². The summed E-state index contributed by atoms with van der Waals surface area (Å²) in [4.78, 5) is 14.3. The predicted molar refractivity (Wildman–Crippen MR) is 103 cm³/mol. The standard InChI is InChI=1S/C20H22N4O/c1-14-18(17-10-5-6-11-19(17)24(14)4)13-21-22-20(25)15-8-7-9-16(12-15)23(2)3/h5-13H,1-4H3,(H,22,25)/b21-13+. The summed E-state index contributed by atoms with van der Waals surface area (Å²) in [6.45, 7) is 2.05. The monoisotopic (exact) mass is 334 g/mol. The fourth-order valence-corrected chi connectivity index (χ4v) is 2.86. The van der Waals surface area contributed by atoms with Gasteiger partial charge in [0.05, 0.1) is 6.21 Å². The third-order valence-corrected chi connectivity index (χ3v) is 4.43. The van der Waals surface area contributed by atoms with E-state index in [1.165, 1.54) is 0 Å². The summed E-state index contributed by atoms with van der Waals surface area (Å²) in [5, 5.41) is 5.29. The van der Waals surface area contributed by atoms with Gasteiger partial charge in [-0.2, -0.15) is 5.10 Å². The second-order valence-electron chi connectivity index (χ2n) is 6.22. The second kappa shape index (κ2) is 6.81. The maximum Gasteiger partial charge on any atom is 0.271 e. The summed E-state index contributed by atoms with van der Waals surface area (Å²) >= 11 is 0. The molecule has 0 aliphatic heterocycles. The summed E-state index contributed by atoms with van der Waals surface area (Å²) in [5.41, 5.74) is 7.44. The molecule has 1 amide bonds. The number of para-hydroxylation sites is 1. The van der Waals surface area contributed by atoms with Crippen LogP contribution in [-0.4, -0.2) is 30.8 Å². The van der Waals surface area contributed by atoms with Crippen LogP contribution in [0, 0.1) is 6.92 Å². The maximum atomic E-state index is 12.3. The van der Waals surface area contributed by atoms with Crippen LogP contribution in [0.1, 0.15) is 21.6 Å². The Morgan fingerprint density at radius 3 is 2.68 bits per heavy atom. The Morgan fingerprint density at radius 2 is 1.92 bits per heavy atom. The van der Waals surface area contributed by atoms with E-state index in [1.807, 2.05) is 63.3 Å². The van der Waals surface area contributed by atoms with Crippen molar-refractivity contribution in [2.45, 2.75) is 6.92 Å². The lowest BCUT2D eigenvalue weighted by atomic mass is 10.1. The van der Waals surface area contributed by atoms with Gasteiger partial charge < -0.3 is 9.47 Å². The first-order valence-corrected chi connectivity index (χ1v) is 8.14. The molecule has 0 aliphatic rings. The minimum atomic E-state index is -0.224. The van der Waals surface area contributed by atoms with Crippen molar-refractivity contribution in [3.05, 3.63) is 65.4 Å². The molecule has 3 rings (SSSR count). The number of aryl methyl sites for hydroxylation is 1. The SMILES string of the molecule is Cc1c(/C=N/NC(=O)c2cccc(N(C)C)c2)c2ccccc2n1C. The van der Waals surface area contributed by atoms with E-state index in [4.69, 9.17) is 0 Å². The van der Waals surface area contributed by atoms with Crippen LogP contribution in [0.25, 0.3) is 10.9 Å². The Balaban J connectivity index is 1.81. The number of fused-ring (bicyclic) bond motifs is 1. The molecule has 25 heavy (non-hydrogen) atoms. The molecule has 5 heteroatoms. The van der Waals surface area contributed by atoms with Gasteiger partial charge in [-0.1, -0.05) is 24.3 Å². The fraction of sp³-hybridized carbons (Fsp3) is 0.200. The van der Waals surface area contributed by atoms with Crippen LogP contribution in [0.15, 0.2) is 53.6 Å². The smallest absolute Gasteiger partial charge is 0.271 e. The molecular weight excluding hydrogens is 312 g/mol. The minimum Gasteiger partial charge on any atom is -0.378 e. The van der Waals surface area contributed by atoms with E-state index in [-0.39, 0.29) is 5.91 Å². The van der Waals surface area contributed by atoms with E-state index < -0.39 is 0 Å². The Bertz CT molecular complexity index is 953. The van der Waals surface area contributed by atoms with E-state index >= 15 is 0 Å². The van der Waals surface area contributed by atoms with Crippen molar-refractivity contribution in [3.63, 3.8) is 0 Å². The van der Waals surface area contributed by atoms with Gasteiger partial charge in [-0.25, -0.2) is 5.43 Å². The number of carbonyl (C=O) groups excluding carboxylic acids is 1. The minimum absolute atomic E-state index is 0.224. The van der Waals surface area contributed by atoms with E-state index in [2.05, 4.69) is 27.2 Å². The molecule has 0 saturated carbocycles. The van der Waals surface area contributed by atoms with E-state index in [1.54, 1.807) is 12.3 Å². The third kappa shape index (κ3) is 3.26. The number of carbonyl (C=O) groups is 1. The molecule has 0 bridgehead atoms. The summed E-state index contributed by atoms with van der Waals surface area (Å²) in [5.74, 6) is -0.224. The van der Waals surface area contributed by atoms with Crippen molar-refractivity contribution in [2.75, 3.05) is 19.0 Å². The molecule has 0 aliphatic carbocycles. The highest BCUT2D eigenvalue weighted by Crippen LogP contribution is 2.23. The number of hydrogen-bond acceptors (Lipinski definition) is 3. The van der Waals surface area contributed by atoms with Crippen LogP contribution in [-0.2, 0) is 7.05 Å². The average Bonchev–Trinajstić information content (AvgIpc) is 2.87. The van der Waals surface area contributed by atoms with Gasteiger partial charge in [0, 0.05) is 54.6 Å². The highest BCUT2D eigenvalue weighted by atomic mass is 16.2. The second-order valence-corrected chi connectivity index (χ2v) is 6.22. The summed E-state index contributed by atoms with van der Waals surface area (Å²) in [6, 6.07) is 15.6. The van der Waals surface area contributed by atoms with Gasteiger partial charge in [-0.3, -0.25) is 4.79 Å². The molecule has 3 aromatic rings. The van der Waals surface area contributed by atoms with Gasteiger partial charge in [0.1, 0.15) is 0 Å². The molecule has 0 spiro atoms. The Hall–Kier alpha value is -3.08. The Morgan fingerprint density at radius 1 is 1.16 bits per heavy atom. The first-order chi connectivity index (χ1) is 12.0. The number of amides is 1. The number of rotatable bonds is 4. The Labute approximate surface area is 147 Å². The number of hydrazone groups is 1. The van der Waals surface area contributed by atoms with Crippen molar-refractivity contribution in [3.8, 4) is 0 Å². The highest BCUT2D eigenvalue weighted by Gasteiger charge is 2.10. The van der Waals surface area contributed by atoms with Gasteiger partial charge >= 0.3 is 0 Å². The van der Waals surface area contributed by atoms with Crippen molar-refractivity contribution in [1.82, 2.24) is 9.99 Å². The van der Waals surface area contributed by atoms with E-state index in [0.717, 1.165) is 27.8 Å². The molecular formula is C20H22N4O. The molecule has 0 atom stereocenters. The normalized spacial score (nSPS) is 11.2. The van der Waals surface area contributed by atoms with Gasteiger partial charge in [-0.15, -0.1) is 0 Å². The highest BCUT2D eigenvalue weighted by molar-refractivity contribution is 6.02. The first kappa shape index (κ1) is 16.8. The van der Waals surface area contributed by atoms with Gasteiger partial charge in [0.25, 0.3) is 5.91 Å². The van der Waals surface area contributed by atoms with Gasteiger partial charge in [-0.05, 0) is 31.2 Å². The zero-order chi connectivity index (χ0) is 18.0. The van der Waals surface area contributed by atoms with E-state index in [0.29, 0.717) is 5.56 Å². The number of nitrogens with zero attached hydrogens (tertiary/aromatic N) is 3. The Kier molecular flexibility index (Phi) is 4.57. The van der Waals surface area contributed by atoms with Crippen LogP contribution in [0.5, 0.6) is 0 Å². The summed E-state index contributed by atoms with van der Waals surface area (Å²) in [6.07, 6.45) is 1.71. The maximum absolute atomic E-state index is 12.3.